The number of aryl methyl sites for hydroxylation is 1. The molecule has 0 bridgehead atoms. The minimum Gasteiger partial charge on any atom is -0.496 e. The molecule has 15 nitrogen and oxygen atoms in total. The summed E-state index contributed by atoms with van der Waals surface area (Å²) in [5.41, 5.74) is 1.82. The second kappa shape index (κ2) is 21.0. The van der Waals surface area contributed by atoms with Gasteiger partial charge in [-0.3, -0.25) is 15.0 Å². The first-order valence-corrected chi connectivity index (χ1v) is 21.2. The number of ether oxygens (including phenoxy) is 2. The van der Waals surface area contributed by atoms with E-state index in [1.165, 1.54) is 12.0 Å². The number of guanidine groups is 1. The first kappa shape index (κ1) is 47.3. The molecule has 6 N–H and O–H groups in total. The van der Waals surface area contributed by atoms with Crippen LogP contribution in [0, 0.1) is 38.0 Å². The zero-order valence-electron chi connectivity index (χ0n) is 35.2. The second-order valence-electron chi connectivity index (χ2n) is 16.2. The van der Waals surface area contributed by atoms with Crippen molar-refractivity contribution in [2.24, 2.45) is 11.8 Å². The van der Waals surface area contributed by atoms with Gasteiger partial charge < -0.3 is 35.4 Å². The van der Waals surface area contributed by atoms with Crippen molar-refractivity contribution < 1.29 is 42.2 Å². The first-order valence-electron chi connectivity index (χ1n) is 19.7. The number of carboxylic acid groups (broad SMARTS) is 1. The number of nitrogens with one attached hydrogen (secondary N) is 5. The van der Waals surface area contributed by atoms with Gasteiger partial charge in [-0.05, 0) is 114 Å². The molecule has 3 amide bonds. The van der Waals surface area contributed by atoms with Crippen LogP contribution in [-0.2, 0) is 35.6 Å². The molecule has 1 heterocycles. The van der Waals surface area contributed by atoms with Gasteiger partial charge in [0.05, 0.1) is 24.0 Å². The molecule has 0 radical (unpaired) electrons. The summed E-state index contributed by atoms with van der Waals surface area (Å²) in [6, 6.07) is 8.50. The Morgan fingerprint density at radius 1 is 1.03 bits per heavy atom. The van der Waals surface area contributed by atoms with Crippen molar-refractivity contribution in [3.63, 3.8) is 0 Å². The van der Waals surface area contributed by atoms with E-state index in [9.17, 15) is 32.7 Å². The summed E-state index contributed by atoms with van der Waals surface area (Å²) in [4.78, 5) is 54.4. The van der Waals surface area contributed by atoms with Gasteiger partial charge in [-0.15, -0.1) is 0 Å². The predicted molar refractivity (Wildman–Crippen MR) is 222 cm³/mol. The van der Waals surface area contributed by atoms with Crippen LogP contribution in [0.4, 0.5) is 4.79 Å². The summed E-state index contributed by atoms with van der Waals surface area (Å²) in [6.45, 7) is 14.8. The van der Waals surface area contributed by atoms with Crippen molar-refractivity contribution >= 4 is 39.9 Å². The maximum atomic E-state index is 14.3. The average Bonchev–Trinajstić information content (AvgIpc) is 3.62. The van der Waals surface area contributed by atoms with Gasteiger partial charge in [-0.2, -0.15) is 0 Å². The van der Waals surface area contributed by atoms with Gasteiger partial charge in [0, 0.05) is 13.1 Å². The molecule has 16 heteroatoms. The van der Waals surface area contributed by atoms with Crippen LogP contribution in [-0.4, -0.2) is 92.2 Å². The highest BCUT2D eigenvalue weighted by Crippen LogP contribution is 2.30. The molecule has 4 atom stereocenters. The fourth-order valence-corrected chi connectivity index (χ4v) is 8.44. The molecule has 0 aliphatic carbocycles. The number of alkyl carbamates (subject to hydrolysis) is 1. The lowest BCUT2D eigenvalue weighted by molar-refractivity contribution is -0.144. The summed E-state index contributed by atoms with van der Waals surface area (Å²) >= 11 is 0. The Morgan fingerprint density at radius 2 is 1.71 bits per heavy atom. The van der Waals surface area contributed by atoms with Crippen LogP contribution in [0.5, 0.6) is 5.75 Å². The van der Waals surface area contributed by atoms with Crippen LogP contribution < -0.4 is 25.4 Å². The Kier molecular flexibility index (Phi) is 17.1. The molecular formula is C42H62N6O9S. The van der Waals surface area contributed by atoms with E-state index >= 15 is 0 Å². The SMILES string of the molecule is COc1cc(C)c(S(=O)(=O)NC(=N)NCCC[C@H](NC(=O)[C@@H]2CCCN2C(=O)[C@H](/C=C/[C@H](CC(C)C)NC(=O)OC(C)(C)C)Cc2ccccc2)C(=O)O)c(C)c1C. The predicted octanol–water partition coefficient (Wildman–Crippen LogP) is 5.12. The Balaban J connectivity index is 1.68. The number of amides is 3. The van der Waals surface area contributed by atoms with Gasteiger partial charge >= 0.3 is 12.1 Å². The molecule has 3 rings (SSSR count). The zero-order chi connectivity index (χ0) is 43.4. The number of nitrogens with zero attached hydrogens (tertiary/aromatic N) is 1. The highest BCUT2D eigenvalue weighted by atomic mass is 32.2. The molecule has 1 saturated heterocycles. The summed E-state index contributed by atoms with van der Waals surface area (Å²) in [6.07, 6.45) is 5.02. The van der Waals surface area contributed by atoms with Gasteiger partial charge in [-0.25, -0.2) is 22.7 Å². The highest BCUT2D eigenvalue weighted by molar-refractivity contribution is 7.90. The zero-order valence-corrected chi connectivity index (χ0v) is 36.0. The van der Waals surface area contributed by atoms with Crippen LogP contribution in [0.3, 0.4) is 0 Å². The molecule has 0 unspecified atom stereocenters. The molecule has 58 heavy (non-hydrogen) atoms. The third-order valence-corrected chi connectivity index (χ3v) is 11.4. The number of benzene rings is 2. The van der Waals surface area contributed by atoms with E-state index in [1.54, 1.807) is 53.7 Å². The van der Waals surface area contributed by atoms with E-state index in [4.69, 9.17) is 14.9 Å². The number of methoxy groups -OCH3 is 1. The minimum atomic E-state index is -4.12. The number of carboxylic acids is 1. The normalized spacial score (nSPS) is 16.0. The van der Waals surface area contributed by atoms with E-state index in [1.807, 2.05) is 50.3 Å². The Hall–Kier alpha value is -5.12. The number of hydrogen-bond donors (Lipinski definition) is 6. The van der Waals surface area contributed by atoms with Crippen molar-refractivity contribution in [3.8, 4) is 5.75 Å². The molecule has 2 aromatic rings. The lowest BCUT2D eigenvalue weighted by Crippen LogP contribution is -2.52. The third-order valence-electron chi connectivity index (χ3n) is 9.75. The third kappa shape index (κ3) is 14.1. The molecule has 1 fully saturated rings. The van der Waals surface area contributed by atoms with Crippen molar-refractivity contribution in [3.05, 3.63) is 70.8 Å². The quantitative estimate of drug-likeness (QED) is 0.0505. The fourth-order valence-electron chi connectivity index (χ4n) is 6.96. The van der Waals surface area contributed by atoms with Crippen molar-refractivity contribution in [1.82, 2.24) is 25.6 Å². The van der Waals surface area contributed by atoms with E-state index in [2.05, 4.69) is 20.7 Å². The molecule has 1 aliphatic heterocycles. The molecule has 320 valence electrons. The van der Waals surface area contributed by atoms with Crippen LogP contribution in [0.2, 0.25) is 0 Å². The Labute approximate surface area is 343 Å². The first-order chi connectivity index (χ1) is 27.1. The topological polar surface area (TPSA) is 216 Å². The number of carbonyl (C=O) groups is 4. The molecule has 0 saturated carbocycles. The van der Waals surface area contributed by atoms with Crippen LogP contribution in [0.25, 0.3) is 0 Å². The number of aliphatic carboxylic acids is 1. The number of likely N-dealkylation sites (tertiary alicyclic amines) is 1. The summed E-state index contributed by atoms with van der Waals surface area (Å²) in [5.74, 6) is -2.53. The lowest BCUT2D eigenvalue weighted by atomic mass is 9.95. The largest absolute Gasteiger partial charge is 0.496 e. The lowest BCUT2D eigenvalue weighted by Gasteiger charge is -2.29. The van der Waals surface area contributed by atoms with Crippen molar-refractivity contribution in [2.75, 3.05) is 20.2 Å². The number of hydrogen-bond acceptors (Lipinski definition) is 9. The molecule has 1 aliphatic rings. The smallest absolute Gasteiger partial charge is 0.408 e. The monoisotopic (exact) mass is 826 g/mol. The van der Waals surface area contributed by atoms with Crippen molar-refractivity contribution in [2.45, 2.75) is 123 Å². The van der Waals surface area contributed by atoms with Gasteiger partial charge in [0.15, 0.2) is 0 Å². The molecule has 2 aromatic carbocycles. The minimum absolute atomic E-state index is 0.0219. The molecule has 0 spiro atoms. The van der Waals surface area contributed by atoms with Crippen molar-refractivity contribution in [1.29, 1.82) is 5.41 Å². The highest BCUT2D eigenvalue weighted by Gasteiger charge is 2.38. The fraction of sp³-hybridized carbons (Fsp3) is 0.548. The second-order valence-corrected chi connectivity index (χ2v) is 17.8. The summed E-state index contributed by atoms with van der Waals surface area (Å²) in [5, 5.41) is 26.4. The maximum absolute atomic E-state index is 14.3. The summed E-state index contributed by atoms with van der Waals surface area (Å²) < 4.78 is 39.4. The van der Waals surface area contributed by atoms with Gasteiger partial charge in [0.25, 0.3) is 10.0 Å². The molecule has 0 aromatic heterocycles. The van der Waals surface area contributed by atoms with Crippen LogP contribution in [0.1, 0.15) is 89.0 Å². The number of sulfonamides is 1. The van der Waals surface area contributed by atoms with E-state index in [-0.39, 0.29) is 36.1 Å². The molecular weight excluding hydrogens is 765 g/mol. The summed E-state index contributed by atoms with van der Waals surface area (Å²) in [7, 11) is -2.62. The van der Waals surface area contributed by atoms with Crippen LogP contribution in [0.15, 0.2) is 53.4 Å². The Bertz CT molecular complexity index is 1910. The van der Waals surface area contributed by atoms with E-state index in [0.717, 1.165) is 5.56 Å². The van der Waals surface area contributed by atoms with Gasteiger partial charge in [0.1, 0.15) is 23.4 Å². The van der Waals surface area contributed by atoms with E-state index < -0.39 is 63.6 Å². The number of carbonyl (C=O) groups excluding carboxylic acids is 3. The van der Waals surface area contributed by atoms with Gasteiger partial charge in [-0.1, -0.05) is 56.3 Å². The standard InChI is InChI=1S/C42H62N6O9S/c1-26(2)23-32(45-41(53)57-42(6,7)8)20-19-31(25-30-15-11-10-12-16-30)38(50)48-22-14-18-34(48)37(49)46-33(39(51)52)17-13-21-44-40(43)47-58(54,55)36-27(3)24-35(56-9)28(4)29(36)5/h10-12,15-16,19-20,24,26,31-34H,13-14,17-18,21-23,25H2,1-9H3,(H,45,53)(H,46,49)(H,51,52)(H3,43,44,47)/b20-19+/t31-,32-,33+,34+/m1/s1. The van der Waals surface area contributed by atoms with Gasteiger partial charge in [0.2, 0.25) is 17.8 Å². The maximum Gasteiger partial charge on any atom is 0.408 e. The van der Waals surface area contributed by atoms with Crippen LogP contribution >= 0.6 is 0 Å². The Morgan fingerprint density at radius 3 is 2.31 bits per heavy atom. The average molecular weight is 827 g/mol. The number of rotatable bonds is 18. The van der Waals surface area contributed by atoms with E-state index in [0.29, 0.717) is 54.7 Å².